The lowest BCUT2D eigenvalue weighted by Crippen LogP contribution is -2.62. The molecule has 0 amide bonds. The van der Waals surface area contributed by atoms with Crippen LogP contribution >= 0.6 is 0 Å². The molecule has 1 aromatic rings. The number of piperazine rings is 1. The number of aryl methyl sites for hydroxylation is 1. The predicted octanol–water partition coefficient (Wildman–Crippen LogP) is 1.57. The van der Waals surface area contributed by atoms with E-state index in [0.29, 0.717) is 11.6 Å². The van der Waals surface area contributed by atoms with Crippen molar-refractivity contribution in [2.24, 2.45) is 7.05 Å². The summed E-state index contributed by atoms with van der Waals surface area (Å²) in [5.74, 6) is 1.20. The van der Waals surface area contributed by atoms with Gasteiger partial charge >= 0.3 is 0 Å². The van der Waals surface area contributed by atoms with Gasteiger partial charge in [-0.05, 0) is 19.8 Å². The van der Waals surface area contributed by atoms with Crippen LogP contribution in [0.3, 0.4) is 0 Å². The first-order valence-corrected chi connectivity index (χ1v) is 7.64. The van der Waals surface area contributed by atoms with Crippen molar-refractivity contribution in [2.45, 2.75) is 50.6 Å². The van der Waals surface area contributed by atoms with Crippen molar-refractivity contribution >= 4 is 0 Å². The Morgan fingerprint density at radius 1 is 1.42 bits per heavy atom. The molecule has 3 rings (SSSR count). The van der Waals surface area contributed by atoms with Gasteiger partial charge in [0.2, 0.25) is 0 Å². The van der Waals surface area contributed by atoms with Gasteiger partial charge in [0.15, 0.2) is 0 Å². The van der Waals surface area contributed by atoms with E-state index in [-0.39, 0.29) is 0 Å². The highest BCUT2D eigenvalue weighted by Gasteiger charge is 2.39. The number of imidazole rings is 1. The molecule has 1 aliphatic heterocycles. The Kier molecular flexibility index (Phi) is 3.63. The molecule has 1 N–H and O–H groups in total. The van der Waals surface area contributed by atoms with E-state index in [1.807, 2.05) is 12.4 Å². The molecule has 0 aromatic carbocycles. The summed E-state index contributed by atoms with van der Waals surface area (Å²) >= 11 is 0. The van der Waals surface area contributed by atoms with E-state index in [1.165, 1.54) is 38.1 Å². The Hall–Kier alpha value is -0.870. The molecule has 4 heteroatoms. The van der Waals surface area contributed by atoms with Crippen LogP contribution in [0.2, 0.25) is 0 Å². The van der Waals surface area contributed by atoms with Crippen LogP contribution in [-0.2, 0) is 13.5 Å². The highest BCUT2D eigenvalue weighted by molar-refractivity contribution is 5.01. The maximum absolute atomic E-state index is 4.43. The van der Waals surface area contributed by atoms with E-state index in [2.05, 4.69) is 33.7 Å². The van der Waals surface area contributed by atoms with E-state index in [9.17, 15) is 0 Å². The van der Waals surface area contributed by atoms with Gasteiger partial charge in [-0.2, -0.15) is 0 Å². The third kappa shape index (κ3) is 2.70. The van der Waals surface area contributed by atoms with Crippen molar-refractivity contribution in [3.63, 3.8) is 0 Å². The van der Waals surface area contributed by atoms with Gasteiger partial charge in [-0.25, -0.2) is 4.98 Å². The first-order valence-electron chi connectivity index (χ1n) is 7.64. The van der Waals surface area contributed by atoms with Gasteiger partial charge in [-0.1, -0.05) is 12.8 Å². The third-order valence-electron chi connectivity index (χ3n) is 5.01. The average molecular weight is 262 g/mol. The van der Waals surface area contributed by atoms with Crippen molar-refractivity contribution in [3.05, 3.63) is 18.2 Å². The normalized spacial score (nSPS) is 27.2. The monoisotopic (exact) mass is 262 g/mol. The minimum Gasteiger partial charge on any atom is -0.338 e. The highest BCUT2D eigenvalue weighted by Crippen LogP contribution is 2.33. The Labute approximate surface area is 116 Å². The van der Waals surface area contributed by atoms with E-state index in [4.69, 9.17) is 0 Å². The van der Waals surface area contributed by atoms with Crippen LogP contribution in [0.4, 0.5) is 0 Å². The minimum absolute atomic E-state index is 0.425. The van der Waals surface area contributed by atoms with Gasteiger partial charge in [0.25, 0.3) is 0 Å². The second-order valence-corrected chi connectivity index (χ2v) is 6.39. The molecule has 1 atom stereocenters. The zero-order valence-corrected chi connectivity index (χ0v) is 12.2. The van der Waals surface area contributed by atoms with Crippen LogP contribution in [0.1, 0.15) is 38.4 Å². The van der Waals surface area contributed by atoms with Crippen molar-refractivity contribution in [3.8, 4) is 0 Å². The lowest BCUT2D eigenvalue weighted by molar-refractivity contribution is 0.0897. The Morgan fingerprint density at radius 3 is 2.89 bits per heavy atom. The SMILES string of the molecule is CC1CNC2(CCCC2)CN1CCc1nccn1C. The molecule has 1 spiro atoms. The summed E-state index contributed by atoms with van der Waals surface area (Å²) in [5.41, 5.74) is 0.425. The first-order chi connectivity index (χ1) is 9.19. The van der Waals surface area contributed by atoms with E-state index in [1.54, 1.807) is 0 Å². The summed E-state index contributed by atoms with van der Waals surface area (Å²) in [4.78, 5) is 7.10. The van der Waals surface area contributed by atoms with Gasteiger partial charge < -0.3 is 9.88 Å². The summed E-state index contributed by atoms with van der Waals surface area (Å²) in [7, 11) is 2.09. The van der Waals surface area contributed by atoms with Crippen LogP contribution in [0.15, 0.2) is 12.4 Å². The zero-order valence-electron chi connectivity index (χ0n) is 12.2. The van der Waals surface area contributed by atoms with Crippen LogP contribution in [-0.4, -0.2) is 45.7 Å². The quantitative estimate of drug-likeness (QED) is 0.897. The molecular formula is C15H26N4. The van der Waals surface area contributed by atoms with E-state index < -0.39 is 0 Å². The molecule has 1 unspecified atom stereocenters. The maximum atomic E-state index is 4.43. The van der Waals surface area contributed by atoms with Crippen molar-refractivity contribution < 1.29 is 0 Å². The van der Waals surface area contributed by atoms with Crippen molar-refractivity contribution in [2.75, 3.05) is 19.6 Å². The van der Waals surface area contributed by atoms with Crippen molar-refractivity contribution in [1.29, 1.82) is 0 Å². The van der Waals surface area contributed by atoms with Gasteiger partial charge in [0.1, 0.15) is 5.82 Å². The minimum atomic E-state index is 0.425. The maximum Gasteiger partial charge on any atom is 0.109 e. The average Bonchev–Trinajstić information content (AvgIpc) is 3.01. The first kappa shape index (κ1) is 13.1. The molecule has 1 saturated carbocycles. The Balaban J connectivity index is 1.61. The summed E-state index contributed by atoms with van der Waals surface area (Å²) < 4.78 is 2.14. The molecule has 1 saturated heterocycles. The molecule has 106 valence electrons. The van der Waals surface area contributed by atoms with Crippen LogP contribution in [0.5, 0.6) is 0 Å². The second-order valence-electron chi connectivity index (χ2n) is 6.39. The number of nitrogens with zero attached hydrogens (tertiary/aromatic N) is 3. The fraction of sp³-hybridized carbons (Fsp3) is 0.800. The van der Waals surface area contributed by atoms with Gasteiger partial charge in [-0.3, -0.25) is 4.90 Å². The van der Waals surface area contributed by atoms with Crippen LogP contribution in [0, 0.1) is 0 Å². The summed E-state index contributed by atoms with van der Waals surface area (Å²) in [6, 6.07) is 0.645. The van der Waals surface area contributed by atoms with E-state index in [0.717, 1.165) is 19.5 Å². The largest absolute Gasteiger partial charge is 0.338 e. The summed E-state index contributed by atoms with van der Waals surface area (Å²) in [6.07, 6.45) is 10.5. The number of rotatable bonds is 3. The molecule has 1 aromatic heterocycles. The van der Waals surface area contributed by atoms with Crippen LogP contribution < -0.4 is 5.32 Å². The van der Waals surface area contributed by atoms with Gasteiger partial charge in [0, 0.05) is 57.1 Å². The molecule has 2 aliphatic rings. The molecule has 2 heterocycles. The third-order valence-corrected chi connectivity index (χ3v) is 5.01. The lowest BCUT2D eigenvalue weighted by Gasteiger charge is -2.45. The summed E-state index contributed by atoms with van der Waals surface area (Å²) in [5, 5.41) is 3.82. The second kappa shape index (κ2) is 5.25. The summed E-state index contributed by atoms with van der Waals surface area (Å²) in [6.45, 7) is 5.84. The lowest BCUT2D eigenvalue weighted by atomic mass is 9.92. The molecule has 0 bridgehead atoms. The molecule has 4 nitrogen and oxygen atoms in total. The van der Waals surface area contributed by atoms with E-state index >= 15 is 0 Å². The number of hydrogen-bond donors (Lipinski definition) is 1. The standard InChI is InChI=1S/C15H26N4/c1-13-11-17-15(6-3-4-7-15)12-19(13)9-5-14-16-8-10-18(14)2/h8,10,13,17H,3-7,9,11-12H2,1-2H3. The van der Waals surface area contributed by atoms with Crippen molar-refractivity contribution in [1.82, 2.24) is 19.8 Å². The fourth-order valence-corrected chi connectivity index (χ4v) is 3.66. The Bertz CT molecular complexity index is 420. The molecule has 19 heavy (non-hydrogen) atoms. The smallest absolute Gasteiger partial charge is 0.109 e. The fourth-order valence-electron chi connectivity index (χ4n) is 3.66. The molecule has 0 radical (unpaired) electrons. The topological polar surface area (TPSA) is 33.1 Å². The number of hydrogen-bond acceptors (Lipinski definition) is 3. The number of nitrogens with one attached hydrogen (secondary N) is 1. The van der Waals surface area contributed by atoms with Crippen LogP contribution in [0.25, 0.3) is 0 Å². The zero-order chi connectivity index (χ0) is 13.3. The highest BCUT2D eigenvalue weighted by atomic mass is 15.3. The van der Waals surface area contributed by atoms with Gasteiger partial charge in [0.05, 0.1) is 0 Å². The Morgan fingerprint density at radius 2 is 2.21 bits per heavy atom. The molecule has 2 fully saturated rings. The number of aromatic nitrogens is 2. The van der Waals surface area contributed by atoms with Gasteiger partial charge in [-0.15, -0.1) is 0 Å². The molecular weight excluding hydrogens is 236 g/mol. The molecule has 1 aliphatic carbocycles. The predicted molar refractivity (Wildman–Crippen MR) is 77.1 cm³/mol.